The van der Waals surface area contributed by atoms with Crippen LogP contribution in [0.5, 0.6) is 0 Å². The number of carbonyl (C=O) groups is 3. The molecule has 1 rings (SSSR count). The van der Waals surface area contributed by atoms with Crippen molar-refractivity contribution in [3.05, 3.63) is 0 Å². The first-order valence-electron chi connectivity index (χ1n) is 9.18. The van der Waals surface area contributed by atoms with Gasteiger partial charge >= 0.3 is 12.2 Å². The number of carbonyl (C=O) groups excluding carboxylic acids is 3. The van der Waals surface area contributed by atoms with Crippen molar-refractivity contribution in [3.8, 4) is 0 Å². The molecule has 0 bridgehead atoms. The number of ether oxygens (including phenoxy) is 2. The summed E-state index contributed by atoms with van der Waals surface area (Å²) < 4.78 is 10.5. The second-order valence-corrected chi connectivity index (χ2v) is 9.43. The molecule has 9 heteroatoms. The normalized spacial score (nSPS) is 15.3. The van der Waals surface area contributed by atoms with Crippen molar-refractivity contribution in [3.63, 3.8) is 0 Å². The summed E-state index contributed by atoms with van der Waals surface area (Å²) in [7, 11) is 0. The van der Waals surface area contributed by atoms with Crippen LogP contribution in [-0.4, -0.2) is 83.3 Å². The van der Waals surface area contributed by atoms with E-state index in [0.29, 0.717) is 44.2 Å². The van der Waals surface area contributed by atoms with E-state index >= 15 is 0 Å². The topological polar surface area (TPSA) is 88.2 Å². The van der Waals surface area contributed by atoms with Gasteiger partial charge in [0.05, 0.1) is 5.75 Å². The molecular formula is C18H33N3O5S. The minimum Gasteiger partial charge on any atom is -0.444 e. The van der Waals surface area contributed by atoms with Gasteiger partial charge in [-0.1, -0.05) is 0 Å². The highest BCUT2D eigenvalue weighted by atomic mass is 32.2. The number of hydrogen-bond acceptors (Lipinski definition) is 6. The molecule has 0 radical (unpaired) electrons. The highest BCUT2D eigenvalue weighted by Gasteiger charge is 2.27. The average molecular weight is 404 g/mol. The molecule has 0 unspecified atom stereocenters. The van der Waals surface area contributed by atoms with Crippen LogP contribution in [0.15, 0.2) is 0 Å². The molecular weight excluding hydrogens is 370 g/mol. The van der Waals surface area contributed by atoms with E-state index in [1.165, 1.54) is 11.8 Å². The lowest BCUT2D eigenvalue weighted by Gasteiger charge is -2.35. The molecule has 1 saturated heterocycles. The Kier molecular flexibility index (Phi) is 8.71. The fraction of sp³-hybridized carbons (Fsp3) is 0.833. The van der Waals surface area contributed by atoms with Crippen molar-refractivity contribution in [1.29, 1.82) is 0 Å². The van der Waals surface area contributed by atoms with E-state index in [9.17, 15) is 14.4 Å². The molecule has 1 N–H and O–H groups in total. The van der Waals surface area contributed by atoms with Crippen LogP contribution >= 0.6 is 11.8 Å². The fourth-order valence-corrected chi connectivity index (χ4v) is 3.00. The van der Waals surface area contributed by atoms with Crippen LogP contribution in [0, 0.1) is 0 Å². The van der Waals surface area contributed by atoms with Crippen LogP contribution in [0.3, 0.4) is 0 Å². The van der Waals surface area contributed by atoms with Crippen molar-refractivity contribution in [2.75, 3.05) is 44.2 Å². The van der Waals surface area contributed by atoms with Gasteiger partial charge in [-0.3, -0.25) is 4.79 Å². The summed E-state index contributed by atoms with van der Waals surface area (Å²) in [6.45, 7) is 13.3. The molecule has 0 spiro atoms. The highest BCUT2D eigenvalue weighted by Crippen LogP contribution is 2.13. The Bertz CT molecular complexity index is 520. The zero-order valence-electron chi connectivity index (χ0n) is 17.3. The molecule has 27 heavy (non-hydrogen) atoms. The van der Waals surface area contributed by atoms with Gasteiger partial charge in [0.1, 0.15) is 11.2 Å². The number of piperazine rings is 1. The first-order chi connectivity index (χ1) is 12.4. The summed E-state index contributed by atoms with van der Waals surface area (Å²) >= 11 is 1.46. The molecule has 0 aliphatic carbocycles. The molecule has 1 fully saturated rings. The van der Waals surface area contributed by atoms with E-state index < -0.39 is 17.3 Å². The van der Waals surface area contributed by atoms with Crippen molar-refractivity contribution >= 4 is 29.9 Å². The van der Waals surface area contributed by atoms with Gasteiger partial charge in [-0.05, 0) is 41.5 Å². The largest absolute Gasteiger partial charge is 0.444 e. The van der Waals surface area contributed by atoms with Gasteiger partial charge in [-0.15, -0.1) is 0 Å². The Balaban J connectivity index is 2.19. The third-order valence-corrected chi connectivity index (χ3v) is 4.37. The Morgan fingerprint density at radius 1 is 0.889 bits per heavy atom. The summed E-state index contributed by atoms with van der Waals surface area (Å²) in [4.78, 5) is 39.2. The molecule has 156 valence electrons. The van der Waals surface area contributed by atoms with Gasteiger partial charge in [0.2, 0.25) is 5.91 Å². The minimum absolute atomic E-state index is 0.0427. The second-order valence-electron chi connectivity index (χ2n) is 8.33. The predicted octanol–water partition coefficient (Wildman–Crippen LogP) is 2.32. The minimum atomic E-state index is -0.520. The molecule has 0 aromatic heterocycles. The van der Waals surface area contributed by atoms with E-state index in [0.717, 1.165) is 0 Å². The smallest absolute Gasteiger partial charge is 0.410 e. The van der Waals surface area contributed by atoms with Crippen molar-refractivity contribution in [1.82, 2.24) is 15.1 Å². The maximum absolute atomic E-state index is 12.2. The molecule has 0 aromatic rings. The summed E-state index contributed by atoms with van der Waals surface area (Å²) in [5, 5.41) is 2.66. The maximum Gasteiger partial charge on any atom is 0.410 e. The number of amides is 3. The van der Waals surface area contributed by atoms with E-state index in [1.807, 2.05) is 41.5 Å². The quantitative estimate of drug-likeness (QED) is 0.709. The van der Waals surface area contributed by atoms with Crippen molar-refractivity contribution in [2.24, 2.45) is 0 Å². The van der Waals surface area contributed by atoms with E-state index in [-0.39, 0.29) is 12.0 Å². The van der Waals surface area contributed by atoms with Crippen LogP contribution in [0.2, 0.25) is 0 Å². The lowest BCUT2D eigenvalue weighted by Crippen LogP contribution is -2.52. The molecule has 8 nitrogen and oxygen atoms in total. The first kappa shape index (κ1) is 23.4. The Labute approximate surface area is 166 Å². The molecule has 1 aliphatic heterocycles. The lowest BCUT2D eigenvalue weighted by atomic mass is 10.2. The zero-order valence-corrected chi connectivity index (χ0v) is 18.1. The summed E-state index contributed by atoms with van der Waals surface area (Å²) in [6, 6.07) is 0. The number of thioether (sulfide) groups is 1. The molecule has 1 heterocycles. The maximum atomic E-state index is 12.2. The fourth-order valence-electron chi connectivity index (χ4n) is 2.26. The molecule has 0 aromatic carbocycles. The summed E-state index contributed by atoms with van der Waals surface area (Å²) in [5.41, 5.74) is -1.04. The number of nitrogens with one attached hydrogen (secondary N) is 1. The SMILES string of the molecule is CC(C)(C)OC(=O)NCCSCC(=O)N1CCN(C(=O)OC(C)(C)C)CC1. The Morgan fingerprint density at radius 3 is 1.93 bits per heavy atom. The lowest BCUT2D eigenvalue weighted by molar-refractivity contribution is -0.130. The van der Waals surface area contributed by atoms with Gasteiger partial charge in [0.15, 0.2) is 0 Å². The Hall–Kier alpha value is -1.64. The van der Waals surface area contributed by atoms with Gasteiger partial charge in [-0.2, -0.15) is 11.8 Å². The van der Waals surface area contributed by atoms with Gasteiger partial charge in [0, 0.05) is 38.5 Å². The predicted molar refractivity (Wildman–Crippen MR) is 106 cm³/mol. The van der Waals surface area contributed by atoms with E-state index in [2.05, 4.69) is 5.32 Å². The summed E-state index contributed by atoms with van der Waals surface area (Å²) in [6.07, 6.45) is -0.787. The monoisotopic (exact) mass is 403 g/mol. The standard InChI is InChI=1S/C18H33N3O5S/c1-17(2,3)25-15(23)19-7-12-27-13-14(22)20-8-10-21(11-9-20)16(24)26-18(4,5)6/h7-13H2,1-6H3,(H,19,23). The number of nitrogens with zero attached hydrogens (tertiary/aromatic N) is 2. The van der Waals surface area contributed by atoms with Gasteiger partial charge in [-0.25, -0.2) is 9.59 Å². The molecule has 1 aliphatic rings. The molecule has 3 amide bonds. The third-order valence-electron chi connectivity index (χ3n) is 3.42. The van der Waals surface area contributed by atoms with Crippen LogP contribution < -0.4 is 5.32 Å². The van der Waals surface area contributed by atoms with Crippen LogP contribution in [0.25, 0.3) is 0 Å². The highest BCUT2D eigenvalue weighted by molar-refractivity contribution is 7.99. The number of alkyl carbamates (subject to hydrolysis) is 1. The van der Waals surface area contributed by atoms with Crippen LogP contribution in [-0.2, 0) is 14.3 Å². The van der Waals surface area contributed by atoms with Crippen molar-refractivity contribution in [2.45, 2.75) is 52.7 Å². The first-order valence-corrected chi connectivity index (χ1v) is 10.3. The van der Waals surface area contributed by atoms with Crippen LogP contribution in [0.1, 0.15) is 41.5 Å². The molecule has 0 saturated carbocycles. The van der Waals surface area contributed by atoms with E-state index in [1.54, 1.807) is 9.80 Å². The Morgan fingerprint density at radius 2 is 1.41 bits per heavy atom. The number of rotatable bonds is 5. The van der Waals surface area contributed by atoms with Crippen molar-refractivity contribution < 1.29 is 23.9 Å². The van der Waals surface area contributed by atoms with Gasteiger partial charge in [0.25, 0.3) is 0 Å². The van der Waals surface area contributed by atoms with Crippen LogP contribution in [0.4, 0.5) is 9.59 Å². The molecule has 0 atom stereocenters. The zero-order chi connectivity index (χ0) is 20.7. The summed E-state index contributed by atoms with van der Waals surface area (Å²) in [5.74, 6) is 1.02. The average Bonchev–Trinajstić information content (AvgIpc) is 2.51. The van der Waals surface area contributed by atoms with E-state index in [4.69, 9.17) is 9.47 Å². The number of hydrogen-bond donors (Lipinski definition) is 1. The van der Waals surface area contributed by atoms with Gasteiger partial charge < -0.3 is 24.6 Å². The second kappa shape index (κ2) is 10.1. The third kappa shape index (κ3) is 10.3.